The SMILES string of the molecule is COc1ccc([N+](=O)[O-])cc1NC(=O)[C@H](C)N[C@H](c1ccccc1)c1ccco1. The zero-order valence-corrected chi connectivity index (χ0v) is 16.0. The van der Waals surface area contributed by atoms with Crippen LogP contribution in [0, 0.1) is 10.1 Å². The highest BCUT2D eigenvalue weighted by molar-refractivity contribution is 5.96. The Morgan fingerprint density at radius 1 is 1.14 bits per heavy atom. The van der Waals surface area contributed by atoms with E-state index in [1.54, 1.807) is 19.3 Å². The van der Waals surface area contributed by atoms with Crippen molar-refractivity contribution in [3.63, 3.8) is 0 Å². The zero-order chi connectivity index (χ0) is 20.8. The predicted molar refractivity (Wildman–Crippen MR) is 108 cm³/mol. The van der Waals surface area contributed by atoms with Gasteiger partial charge in [0.1, 0.15) is 11.5 Å². The minimum Gasteiger partial charge on any atom is -0.495 e. The van der Waals surface area contributed by atoms with Crippen molar-refractivity contribution in [1.82, 2.24) is 5.32 Å². The number of hydrogen-bond acceptors (Lipinski definition) is 6. The van der Waals surface area contributed by atoms with Gasteiger partial charge in [-0.25, -0.2) is 0 Å². The summed E-state index contributed by atoms with van der Waals surface area (Å²) in [6.45, 7) is 1.71. The highest BCUT2D eigenvalue weighted by Gasteiger charge is 2.24. The summed E-state index contributed by atoms with van der Waals surface area (Å²) in [6.07, 6.45) is 1.58. The molecule has 1 amide bonds. The molecule has 0 fully saturated rings. The van der Waals surface area contributed by atoms with Crippen LogP contribution >= 0.6 is 0 Å². The third kappa shape index (κ3) is 4.80. The van der Waals surface area contributed by atoms with Crippen LogP contribution in [0.4, 0.5) is 11.4 Å². The summed E-state index contributed by atoms with van der Waals surface area (Å²) in [7, 11) is 1.43. The van der Waals surface area contributed by atoms with E-state index in [1.165, 1.54) is 25.3 Å². The summed E-state index contributed by atoms with van der Waals surface area (Å²) < 4.78 is 10.7. The second kappa shape index (κ2) is 9.03. The summed E-state index contributed by atoms with van der Waals surface area (Å²) in [5.74, 6) is 0.641. The lowest BCUT2D eigenvalue weighted by molar-refractivity contribution is -0.384. The number of hydrogen-bond donors (Lipinski definition) is 2. The van der Waals surface area contributed by atoms with Gasteiger partial charge < -0.3 is 14.5 Å². The van der Waals surface area contributed by atoms with Crippen molar-refractivity contribution in [2.45, 2.75) is 19.0 Å². The Bertz CT molecular complexity index is 973. The van der Waals surface area contributed by atoms with Crippen molar-refractivity contribution in [1.29, 1.82) is 0 Å². The molecule has 0 aliphatic rings. The maximum atomic E-state index is 12.8. The minimum atomic E-state index is -0.630. The van der Waals surface area contributed by atoms with Crippen molar-refractivity contribution in [3.05, 3.63) is 88.4 Å². The molecule has 2 aromatic carbocycles. The Labute approximate surface area is 167 Å². The fourth-order valence-corrected chi connectivity index (χ4v) is 2.92. The topological polar surface area (TPSA) is 107 Å². The monoisotopic (exact) mass is 395 g/mol. The molecule has 0 unspecified atom stereocenters. The number of nitrogens with one attached hydrogen (secondary N) is 2. The van der Waals surface area contributed by atoms with Crippen LogP contribution < -0.4 is 15.4 Å². The number of anilines is 1. The van der Waals surface area contributed by atoms with Crippen LogP contribution in [0.1, 0.15) is 24.3 Å². The highest BCUT2D eigenvalue weighted by Crippen LogP contribution is 2.29. The first-order valence-corrected chi connectivity index (χ1v) is 8.97. The first-order chi connectivity index (χ1) is 14.0. The van der Waals surface area contributed by atoms with E-state index >= 15 is 0 Å². The van der Waals surface area contributed by atoms with Crippen molar-refractivity contribution >= 4 is 17.3 Å². The van der Waals surface area contributed by atoms with E-state index in [0.717, 1.165) is 5.56 Å². The average molecular weight is 395 g/mol. The van der Waals surface area contributed by atoms with Crippen LogP contribution in [0.2, 0.25) is 0 Å². The van der Waals surface area contributed by atoms with Gasteiger partial charge in [0.2, 0.25) is 5.91 Å². The van der Waals surface area contributed by atoms with Crippen LogP contribution in [-0.2, 0) is 4.79 Å². The van der Waals surface area contributed by atoms with Crippen LogP contribution in [0.25, 0.3) is 0 Å². The van der Waals surface area contributed by atoms with Crippen LogP contribution in [0.5, 0.6) is 5.75 Å². The molecule has 29 heavy (non-hydrogen) atoms. The molecule has 8 nitrogen and oxygen atoms in total. The van der Waals surface area contributed by atoms with Gasteiger partial charge in [0.25, 0.3) is 5.69 Å². The summed E-state index contributed by atoms with van der Waals surface area (Å²) >= 11 is 0. The molecule has 0 bridgehead atoms. The molecule has 0 radical (unpaired) electrons. The maximum absolute atomic E-state index is 12.8. The lowest BCUT2D eigenvalue weighted by Gasteiger charge is -2.22. The number of furan rings is 1. The van der Waals surface area contributed by atoms with E-state index in [4.69, 9.17) is 9.15 Å². The summed E-state index contributed by atoms with van der Waals surface area (Å²) in [4.78, 5) is 23.3. The smallest absolute Gasteiger partial charge is 0.271 e. The molecule has 0 spiro atoms. The van der Waals surface area contributed by atoms with Crippen LogP contribution in [0.15, 0.2) is 71.3 Å². The van der Waals surface area contributed by atoms with Gasteiger partial charge in [-0.05, 0) is 30.7 Å². The second-order valence-electron chi connectivity index (χ2n) is 6.38. The molecule has 150 valence electrons. The molecule has 0 saturated heterocycles. The number of ether oxygens (including phenoxy) is 1. The lowest BCUT2D eigenvalue weighted by Crippen LogP contribution is -2.40. The molecule has 1 heterocycles. The molecular formula is C21H21N3O5. The van der Waals surface area contributed by atoms with Crippen LogP contribution in [-0.4, -0.2) is 24.0 Å². The van der Waals surface area contributed by atoms with E-state index in [1.807, 2.05) is 36.4 Å². The van der Waals surface area contributed by atoms with Gasteiger partial charge in [0.15, 0.2) is 0 Å². The number of non-ortho nitro benzene ring substituents is 1. The van der Waals surface area contributed by atoms with Crippen molar-refractivity contribution in [3.8, 4) is 5.75 Å². The number of nitro groups is 1. The Hall–Kier alpha value is -3.65. The quantitative estimate of drug-likeness (QED) is 0.442. The standard InChI is InChI=1S/C21H21N3O5/c1-14(21(25)23-17-13-16(24(26)27)10-11-18(17)28-2)22-20(19-9-6-12-29-19)15-7-4-3-5-8-15/h3-14,20,22H,1-2H3,(H,23,25)/t14-,20+/m0/s1. The number of amides is 1. The molecule has 0 aliphatic heterocycles. The Kier molecular flexibility index (Phi) is 6.25. The van der Waals surface area contributed by atoms with Gasteiger partial charge in [0, 0.05) is 12.1 Å². The Morgan fingerprint density at radius 2 is 1.90 bits per heavy atom. The molecule has 1 aromatic heterocycles. The van der Waals surface area contributed by atoms with Crippen molar-refractivity contribution in [2.24, 2.45) is 0 Å². The first-order valence-electron chi connectivity index (χ1n) is 8.97. The van der Waals surface area contributed by atoms with E-state index in [0.29, 0.717) is 11.5 Å². The number of benzene rings is 2. The minimum absolute atomic E-state index is 0.139. The van der Waals surface area contributed by atoms with Gasteiger partial charge in [-0.1, -0.05) is 30.3 Å². The summed E-state index contributed by atoms with van der Waals surface area (Å²) in [5.41, 5.74) is 1.03. The number of rotatable bonds is 8. The molecule has 2 N–H and O–H groups in total. The van der Waals surface area contributed by atoms with Crippen molar-refractivity contribution in [2.75, 3.05) is 12.4 Å². The largest absolute Gasteiger partial charge is 0.495 e. The molecule has 3 aromatic rings. The third-order valence-corrected chi connectivity index (χ3v) is 4.42. The predicted octanol–water partition coefficient (Wildman–Crippen LogP) is 3.90. The Balaban J connectivity index is 1.79. The van der Waals surface area contributed by atoms with Gasteiger partial charge in [-0.3, -0.25) is 20.2 Å². The third-order valence-electron chi connectivity index (χ3n) is 4.42. The fourth-order valence-electron chi connectivity index (χ4n) is 2.92. The molecule has 0 aliphatic carbocycles. The maximum Gasteiger partial charge on any atom is 0.271 e. The number of nitrogens with zero attached hydrogens (tertiary/aromatic N) is 1. The first kappa shape index (κ1) is 20.1. The van der Waals surface area contributed by atoms with Gasteiger partial charge in [-0.2, -0.15) is 0 Å². The lowest BCUT2D eigenvalue weighted by atomic mass is 10.0. The summed E-state index contributed by atoms with van der Waals surface area (Å²) in [5, 5.41) is 17.0. The average Bonchev–Trinajstić information content (AvgIpc) is 3.26. The van der Waals surface area contributed by atoms with E-state index in [-0.39, 0.29) is 23.3 Å². The number of nitro benzene ring substituents is 1. The molecule has 0 saturated carbocycles. The molecule has 2 atom stereocenters. The van der Waals surface area contributed by atoms with E-state index < -0.39 is 11.0 Å². The van der Waals surface area contributed by atoms with Crippen molar-refractivity contribution < 1.29 is 18.9 Å². The van der Waals surface area contributed by atoms with E-state index in [2.05, 4.69) is 10.6 Å². The highest BCUT2D eigenvalue weighted by atomic mass is 16.6. The normalized spacial score (nSPS) is 12.8. The fraction of sp³-hybridized carbons (Fsp3) is 0.190. The second-order valence-corrected chi connectivity index (χ2v) is 6.38. The number of carbonyl (C=O) groups is 1. The molecule has 3 rings (SSSR count). The molecule has 8 heteroatoms. The number of methoxy groups -OCH3 is 1. The van der Waals surface area contributed by atoms with Gasteiger partial charge in [0.05, 0.1) is 36.1 Å². The van der Waals surface area contributed by atoms with Crippen LogP contribution in [0.3, 0.4) is 0 Å². The van der Waals surface area contributed by atoms with E-state index in [9.17, 15) is 14.9 Å². The molecular weight excluding hydrogens is 374 g/mol. The zero-order valence-electron chi connectivity index (χ0n) is 16.0. The van der Waals surface area contributed by atoms with Gasteiger partial charge in [-0.15, -0.1) is 0 Å². The van der Waals surface area contributed by atoms with Gasteiger partial charge >= 0.3 is 0 Å². The summed E-state index contributed by atoms with van der Waals surface area (Å²) in [6, 6.07) is 16.3. The Morgan fingerprint density at radius 3 is 2.52 bits per heavy atom. The number of carbonyl (C=O) groups excluding carboxylic acids is 1.